The molecule has 0 saturated carbocycles. The molecule has 2 heterocycles. The summed E-state index contributed by atoms with van der Waals surface area (Å²) in [5, 5.41) is 14.4. The van der Waals surface area contributed by atoms with Gasteiger partial charge in [-0.2, -0.15) is 12.2 Å². The van der Waals surface area contributed by atoms with Crippen molar-refractivity contribution in [1.29, 1.82) is 5.41 Å². The van der Waals surface area contributed by atoms with E-state index >= 15 is 0 Å². The van der Waals surface area contributed by atoms with Gasteiger partial charge >= 0.3 is 29.6 Å². The second-order valence-electron chi connectivity index (χ2n) is 18.4. The van der Waals surface area contributed by atoms with Crippen LogP contribution in [-0.2, 0) is 0 Å². The molecule has 0 radical (unpaired) electrons. The zero-order valence-electron chi connectivity index (χ0n) is 41.1. The Morgan fingerprint density at radius 3 is 2.14 bits per heavy atom. The number of benzene rings is 7. The van der Waals surface area contributed by atoms with Gasteiger partial charge in [-0.1, -0.05) is 200 Å². The molecule has 73 heavy (non-hydrogen) atoms. The molecular weight excluding hydrogens is 898 g/mol. The summed E-state index contributed by atoms with van der Waals surface area (Å²) in [5.74, 6) is 0.817. The van der Waals surface area contributed by atoms with E-state index in [2.05, 4.69) is 204 Å². The number of aromatic nitrogens is 1. The van der Waals surface area contributed by atoms with Gasteiger partial charge in [-0.05, 0) is 99.3 Å². The van der Waals surface area contributed by atoms with Crippen LogP contribution in [0, 0.1) is 17.9 Å². The summed E-state index contributed by atoms with van der Waals surface area (Å²) < 4.78 is 2.30. The maximum absolute atomic E-state index is 8.29. The van der Waals surface area contributed by atoms with Gasteiger partial charge in [0.15, 0.2) is 0 Å². The molecule has 6 heteroatoms. The fourth-order valence-corrected chi connectivity index (χ4v) is 9.90. The Hall–Kier alpha value is -7.93. The van der Waals surface area contributed by atoms with Gasteiger partial charge in [0, 0.05) is 16.5 Å². The molecule has 350 valence electrons. The van der Waals surface area contributed by atoms with Crippen LogP contribution in [0.2, 0.25) is 0 Å². The zero-order chi connectivity index (χ0) is 48.6. The Labute approximate surface area is 451 Å². The Bertz CT molecular complexity index is 3620. The van der Waals surface area contributed by atoms with Gasteiger partial charge in [-0.15, -0.1) is 12.1 Å². The van der Waals surface area contributed by atoms with Crippen molar-refractivity contribution in [2.45, 2.75) is 38.1 Å². The number of nitrogens with zero attached hydrogens (tertiary/aromatic N) is 2. The average molecular weight is 952 g/mol. The van der Waals surface area contributed by atoms with E-state index in [1.807, 2.05) is 48.5 Å². The van der Waals surface area contributed by atoms with Gasteiger partial charge in [0.1, 0.15) is 0 Å². The third kappa shape index (κ3) is 11.0. The maximum atomic E-state index is 8.29. The first-order valence-corrected chi connectivity index (χ1v) is 24.9. The number of rotatable bonds is 9. The Morgan fingerprint density at radius 2 is 1.34 bits per heavy atom. The van der Waals surface area contributed by atoms with Crippen molar-refractivity contribution < 1.29 is 29.6 Å². The summed E-state index contributed by atoms with van der Waals surface area (Å²) in [6.07, 6.45) is 30.4. The van der Waals surface area contributed by atoms with Crippen LogP contribution in [0.25, 0.3) is 61.2 Å². The van der Waals surface area contributed by atoms with Gasteiger partial charge in [0.05, 0.1) is 22.8 Å². The van der Waals surface area contributed by atoms with Gasteiger partial charge in [-0.25, -0.2) is 23.6 Å². The topological polar surface area (TPSA) is 77.0 Å². The monoisotopic (exact) mass is 951 g/mol. The quantitative estimate of drug-likeness (QED) is 0.0844. The minimum absolute atomic E-state index is 0. The van der Waals surface area contributed by atoms with Crippen LogP contribution >= 0.6 is 0 Å². The molecular formula is C67H54N5Na-2. The molecule has 0 spiro atoms. The molecule has 1 atom stereocenters. The minimum Gasteiger partial charge on any atom is -0.698 e. The second-order valence-corrected chi connectivity index (χ2v) is 18.4. The predicted molar refractivity (Wildman–Crippen MR) is 303 cm³/mol. The van der Waals surface area contributed by atoms with Gasteiger partial charge in [0.2, 0.25) is 5.96 Å². The van der Waals surface area contributed by atoms with E-state index in [0.29, 0.717) is 11.4 Å². The normalized spacial score (nSPS) is 16.2. The number of hydrogen-bond donors (Lipinski definition) is 2. The Morgan fingerprint density at radius 1 is 0.644 bits per heavy atom. The molecule has 7 aromatic carbocycles. The molecule has 12 rings (SSSR count). The van der Waals surface area contributed by atoms with Crippen LogP contribution in [0.4, 0.5) is 0 Å². The predicted octanol–water partition coefficient (Wildman–Crippen LogP) is 13.9. The molecule has 3 N–H and O–H groups in total. The van der Waals surface area contributed by atoms with Gasteiger partial charge in [-0.3, -0.25) is 15.7 Å². The minimum atomic E-state index is -0.142. The third-order valence-corrected chi connectivity index (χ3v) is 13.6. The number of allylic oxidation sites excluding steroid dienone is 13. The van der Waals surface area contributed by atoms with Crippen LogP contribution in [0.3, 0.4) is 0 Å². The number of nitrogens with one attached hydrogen (secondary N) is 3. The van der Waals surface area contributed by atoms with Crippen molar-refractivity contribution in [3.63, 3.8) is 0 Å². The largest absolute Gasteiger partial charge is 1.00 e. The van der Waals surface area contributed by atoms with E-state index < -0.39 is 0 Å². The van der Waals surface area contributed by atoms with E-state index in [9.17, 15) is 0 Å². The summed E-state index contributed by atoms with van der Waals surface area (Å²) in [6, 6.07) is 62.9. The van der Waals surface area contributed by atoms with Crippen molar-refractivity contribution in [2.24, 2.45) is 4.99 Å². The Kier molecular flexibility index (Phi) is 15.1. The van der Waals surface area contributed by atoms with Crippen molar-refractivity contribution >= 4 is 56.0 Å². The number of fused-ring (bicyclic) bond motifs is 3. The summed E-state index contributed by atoms with van der Waals surface area (Å²) in [4.78, 5) is 5.38. The van der Waals surface area contributed by atoms with Crippen LogP contribution in [0.15, 0.2) is 253 Å². The average Bonchev–Trinajstić information content (AvgIpc) is 3.80. The number of aliphatic imine (C=N–C) groups is 1. The third-order valence-electron chi connectivity index (χ3n) is 13.6. The fraction of sp³-hybridized carbons (Fsp3) is 0.0896. The van der Waals surface area contributed by atoms with Crippen molar-refractivity contribution in [2.75, 3.05) is 0 Å². The van der Waals surface area contributed by atoms with Crippen LogP contribution in [0.1, 0.15) is 71.5 Å². The van der Waals surface area contributed by atoms with E-state index in [0.717, 1.165) is 82.6 Å². The van der Waals surface area contributed by atoms with E-state index in [1.165, 1.54) is 49.8 Å². The van der Waals surface area contributed by atoms with Crippen molar-refractivity contribution in [1.82, 2.24) is 9.88 Å². The number of hydrogen-bond acceptors (Lipinski definition) is 3. The standard InChI is InChI=1S/C46H35N3.C21H19N2.Na/c1-4-14-32(15-5-1)35-20-12-22-37(28-35)38-26-27-45-41(30-38)40-24-10-11-25-44(40)49(45)46-47-42(34-18-8-3-9-19-34)31-43(48-46)39-23-13-21-36(29-39)33-16-6-2-7-17-33;22-20(17-10-5-2-6-11-17)15-21(23)19-13-7-12-18(14-19)16-8-3-1-4-9-16;/h1-4,6-11,13,16-31,42H,5,12,15H2,(H,47,48);2-3,5-15,22-23H,1,4H2;/q-2;-1;+1/b;21-15-,22-20?;. The van der Waals surface area contributed by atoms with E-state index in [4.69, 9.17) is 16.1 Å². The molecule has 0 saturated heterocycles. The summed E-state index contributed by atoms with van der Waals surface area (Å²) in [5.41, 5.74) is 26.1. The van der Waals surface area contributed by atoms with Crippen LogP contribution in [0.5, 0.6) is 0 Å². The molecule has 5 nitrogen and oxygen atoms in total. The van der Waals surface area contributed by atoms with Crippen LogP contribution < -0.4 is 34.9 Å². The molecule has 1 unspecified atom stereocenters. The van der Waals surface area contributed by atoms with Gasteiger partial charge < -0.3 is 16.5 Å². The second kappa shape index (κ2) is 22.7. The van der Waals surface area contributed by atoms with E-state index in [-0.39, 0.29) is 35.6 Å². The molecule has 8 aromatic rings. The number of para-hydroxylation sites is 1. The molecule has 3 aliphatic carbocycles. The first kappa shape index (κ1) is 48.7. The summed E-state index contributed by atoms with van der Waals surface area (Å²) in [6.45, 7) is 0. The van der Waals surface area contributed by atoms with Gasteiger partial charge in [0.25, 0.3) is 0 Å². The maximum Gasteiger partial charge on any atom is 1.00 e. The van der Waals surface area contributed by atoms with Crippen molar-refractivity contribution in [3.05, 3.63) is 299 Å². The van der Waals surface area contributed by atoms with Crippen LogP contribution in [-0.4, -0.2) is 16.2 Å². The first-order valence-electron chi connectivity index (χ1n) is 24.9. The summed E-state index contributed by atoms with van der Waals surface area (Å²) in [7, 11) is 0. The molecule has 0 amide bonds. The van der Waals surface area contributed by atoms with Crippen molar-refractivity contribution in [3.8, 4) is 11.1 Å². The zero-order valence-corrected chi connectivity index (χ0v) is 43.1. The first-order chi connectivity index (χ1) is 35.5. The Balaban J connectivity index is 0.000000214. The fourth-order valence-electron chi connectivity index (χ4n) is 9.90. The molecule has 0 fully saturated rings. The van der Waals surface area contributed by atoms with E-state index in [1.54, 1.807) is 6.08 Å². The summed E-state index contributed by atoms with van der Waals surface area (Å²) >= 11 is 0. The smallest absolute Gasteiger partial charge is 0.698 e. The SMILES string of the molecule is N=C(/C=C(\[NH-])c1cccc(C2=CCCC=C2)c1)c1ccccc1.[C-]1=C(C2=CC(c3ccc4c(c3)c3ccccc3n4C3=NC(c4ccccc4)C=C(c4cccc(-c5ccccc5)c4)N3)=CC[CH-]2)CCC=C1.[Na+]. The molecule has 1 aliphatic heterocycles. The molecule has 0 bridgehead atoms. The molecule has 1 aromatic heterocycles. The molecule has 4 aliphatic rings.